The topological polar surface area (TPSA) is 75.4 Å². The van der Waals surface area contributed by atoms with Gasteiger partial charge in [-0.15, -0.1) is 0 Å². The number of hydrogen-bond donors (Lipinski definition) is 2. The first-order valence-electron chi connectivity index (χ1n) is 5.14. The highest BCUT2D eigenvalue weighted by Crippen LogP contribution is 2.28. The minimum absolute atomic E-state index is 0.0394. The molecule has 0 aliphatic rings. The molecule has 1 aromatic rings. The maximum Gasteiger partial charge on any atom is 0.271 e. The molecular formula is C11H15BrN2O3. The Bertz CT molecular complexity index is 421. The summed E-state index contributed by atoms with van der Waals surface area (Å²) < 4.78 is 0.761. The van der Waals surface area contributed by atoms with Crippen LogP contribution in [0.25, 0.3) is 0 Å². The molecule has 0 saturated carbocycles. The average molecular weight is 303 g/mol. The first-order chi connectivity index (χ1) is 7.85. The largest absolute Gasteiger partial charge is 0.396 e. The van der Waals surface area contributed by atoms with Crippen molar-refractivity contribution in [3.8, 4) is 0 Å². The number of non-ortho nitro benzene ring substituents is 1. The van der Waals surface area contributed by atoms with E-state index in [0.29, 0.717) is 12.2 Å². The van der Waals surface area contributed by atoms with Crippen molar-refractivity contribution < 1.29 is 10.0 Å². The van der Waals surface area contributed by atoms with Crippen molar-refractivity contribution in [1.82, 2.24) is 0 Å². The van der Waals surface area contributed by atoms with Crippen molar-refractivity contribution >= 4 is 27.3 Å². The summed E-state index contributed by atoms with van der Waals surface area (Å²) in [5, 5.41) is 22.9. The molecule has 94 valence electrons. The second-order valence-corrected chi connectivity index (χ2v) is 5.45. The minimum atomic E-state index is -0.436. The van der Waals surface area contributed by atoms with E-state index < -0.39 is 4.92 Å². The van der Waals surface area contributed by atoms with Crippen molar-refractivity contribution in [2.24, 2.45) is 5.41 Å². The number of nitrogens with zero attached hydrogens (tertiary/aromatic N) is 1. The van der Waals surface area contributed by atoms with Crippen molar-refractivity contribution in [3.05, 3.63) is 32.8 Å². The number of anilines is 1. The lowest BCUT2D eigenvalue weighted by atomic mass is 9.95. The highest BCUT2D eigenvalue weighted by molar-refractivity contribution is 9.10. The van der Waals surface area contributed by atoms with Gasteiger partial charge in [0.15, 0.2) is 0 Å². The van der Waals surface area contributed by atoms with Crippen LogP contribution in [0.3, 0.4) is 0 Å². The standard InChI is InChI=1S/C11H15BrN2O3/c1-11(2,7-15)6-13-10-5-8(14(16)17)3-4-9(10)12/h3-5,13,15H,6-7H2,1-2H3. The van der Waals surface area contributed by atoms with Crippen molar-refractivity contribution in [2.45, 2.75) is 13.8 Å². The predicted octanol–water partition coefficient (Wildman–Crippen LogP) is 2.79. The van der Waals surface area contributed by atoms with Gasteiger partial charge in [0, 0.05) is 35.2 Å². The lowest BCUT2D eigenvalue weighted by Gasteiger charge is -2.22. The van der Waals surface area contributed by atoms with Gasteiger partial charge in [-0.1, -0.05) is 13.8 Å². The second-order valence-electron chi connectivity index (χ2n) is 4.60. The first-order valence-corrected chi connectivity index (χ1v) is 5.94. The Morgan fingerprint density at radius 3 is 2.71 bits per heavy atom. The van der Waals surface area contributed by atoms with E-state index in [2.05, 4.69) is 21.2 Å². The summed E-state index contributed by atoms with van der Waals surface area (Å²) in [6, 6.07) is 4.54. The molecule has 2 N–H and O–H groups in total. The van der Waals surface area contributed by atoms with Gasteiger partial charge < -0.3 is 10.4 Å². The minimum Gasteiger partial charge on any atom is -0.396 e. The second kappa shape index (κ2) is 5.46. The Morgan fingerprint density at radius 1 is 1.53 bits per heavy atom. The molecule has 0 aromatic heterocycles. The van der Waals surface area contributed by atoms with E-state index >= 15 is 0 Å². The zero-order valence-electron chi connectivity index (χ0n) is 9.74. The van der Waals surface area contributed by atoms with Gasteiger partial charge in [-0.2, -0.15) is 0 Å². The molecular weight excluding hydrogens is 288 g/mol. The van der Waals surface area contributed by atoms with Crippen LogP contribution in [0.4, 0.5) is 11.4 Å². The predicted molar refractivity (Wildman–Crippen MR) is 70.2 cm³/mol. The Balaban J connectivity index is 2.83. The van der Waals surface area contributed by atoms with Gasteiger partial charge in [-0.05, 0) is 22.0 Å². The maximum absolute atomic E-state index is 10.6. The molecule has 0 aliphatic heterocycles. The molecule has 0 unspecified atom stereocenters. The third-order valence-corrected chi connectivity index (χ3v) is 3.04. The molecule has 0 saturated heterocycles. The summed E-state index contributed by atoms with van der Waals surface area (Å²) in [5.74, 6) is 0. The average Bonchev–Trinajstić information content (AvgIpc) is 2.27. The first kappa shape index (κ1) is 13.9. The Morgan fingerprint density at radius 2 is 2.18 bits per heavy atom. The maximum atomic E-state index is 10.6. The smallest absolute Gasteiger partial charge is 0.271 e. The highest BCUT2D eigenvalue weighted by Gasteiger charge is 2.17. The zero-order valence-corrected chi connectivity index (χ0v) is 11.3. The van der Waals surface area contributed by atoms with Crippen LogP contribution in [-0.2, 0) is 0 Å². The van der Waals surface area contributed by atoms with Crippen LogP contribution in [0.2, 0.25) is 0 Å². The summed E-state index contributed by atoms with van der Waals surface area (Å²) in [5.41, 5.74) is 0.419. The summed E-state index contributed by atoms with van der Waals surface area (Å²) in [7, 11) is 0. The van der Waals surface area contributed by atoms with Crippen LogP contribution in [0, 0.1) is 15.5 Å². The summed E-state index contributed by atoms with van der Waals surface area (Å²) >= 11 is 3.32. The number of hydrogen-bond acceptors (Lipinski definition) is 4. The van der Waals surface area contributed by atoms with Gasteiger partial charge in [0.25, 0.3) is 5.69 Å². The van der Waals surface area contributed by atoms with E-state index in [4.69, 9.17) is 5.11 Å². The number of benzene rings is 1. The van der Waals surface area contributed by atoms with Crippen molar-refractivity contribution in [2.75, 3.05) is 18.5 Å². The van der Waals surface area contributed by atoms with E-state index in [1.54, 1.807) is 6.07 Å². The Kier molecular flexibility index (Phi) is 4.47. The van der Waals surface area contributed by atoms with E-state index in [9.17, 15) is 10.1 Å². The number of nitro benzene ring substituents is 1. The number of halogens is 1. The lowest BCUT2D eigenvalue weighted by molar-refractivity contribution is -0.384. The Labute approximate surface area is 108 Å². The summed E-state index contributed by atoms with van der Waals surface area (Å²) in [6.07, 6.45) is 0. The molecule has 0 spiro atoms. The molecule has 0 bridgehead atoms. The van der Waals surface area contributed by atoms with E-state index in [1.165, 1.54) is 12.1 Å². The fourth-order valence-corrected chi connectivity index (χ4v) is 1.54. The number of rotatable bonds is 5. The van der Waals surface area contributed by atoms with Crippen LogP contribution in [0.5, 0.6) is 0 Å². The van der Waals surface area contributed by atoms with Crippen LogP contribution < -0.4 is 5.32 Å². The molecule has 17 heavy (non-hydrogen) atoms. The molecule has 5 nitrogen and oxygen atoms in total. The van der Waals surface area contributed by atoms with Crippen molar-refractivity contribution in [3.63, 3.8) is 0 Å². The molecule has 0 radical (unpaired) electrons. The molecule has 1 rings (SSSR count). The molecule has 1 aromatic carbocycles. The third kappa shape index (κ3) is 3.98. The van der Waals surface area contributed by atoms with E-state index in [1.807, 2.05) is 13.8 Å². The molecule has 0 heterocycles. The zero-order chi connectivity index (χ0) is 13.1. The lowest BCUT2D eigenvalue weighted by Crippen LogP contribution is -2.26. The van der Waals surface area contributed by atoms with Gasteiger partial charge in [0.05, 0.1) is 10.6 Å². The molecule has 0 amide bonds. The number of aliphatic hydroxyl groups is 1. The Hall–Kier alpha value is -1.14. The highest BCUT2D eigenvalue weighted by atomic mass is 79.9. The SMILES string of the molecule is CC(C)(CO)CNc1cc([N+](=O)[O-])ccc1Br. The molecule has 0 fully saturated rings. The molecule has 0 atom stereocenters. The quantitative estimate of drug-likeness (QED) is 0.648. The van der Waals surface area contributed by atoms with Gasteiger partial charge in [0.1, 0.15) is 0 Å². The van der Waals surface area contributed by atoms with Crippen molar-refractivity contribution in [1.29, 1.82) is 0 Å². The van der Waals surface area contributed by atoms with Crippen LogP contribution in [0.15, 0.2) is 22.7 Å². The van der Waals surface area contributed by atoms with Gasteiger partial charge >= 0.3 is 0 Å². The fraction of sp³-hybridized carbons (Fsp3) is 0.455. The molecule has 6 heteroatoms. The van der Waals surface area contributed by atoms with Gasteiger partial charge in [-0.3, -0.25) is 10.1 Å². The van der Waals surface area contributed by atoms with Gasteiger partial charge in [-0.25, -0.2) is 0 Å². The molecule has 0 aliphatic carbocycles. The summed E-state index contributed by atoms with van der Waals surface area (Å²) in [6.45, 7) is 4.40. The fourth-order valence-electron chi connectivity index (χ4n) is 1.15. The summed E-state index contributed by atoms with van der Waals surface area (Å²) in [4.78, 5) is 10.2. The number of nitrogens with one attached hydrogen (secondary N) is 1. The van der Waals surface area contributed by atoms with E-state index in [-0.39, 0.29) is 17.7 Å². The number of nitro groups is 1. The van der Waals surface area contributed by atoms with Crippen LogP contribution >= 0.6 is 15.9 Å². The monoisotopic (exact) mass is 302 g/mol. The van der Waals surface area contributed by atoms with E-state index in [0.717, 1.165) is 4.47 Å². The van der Waals surface area contributed by atoms with Gasteiger partial charge in [0.2, 0.25) is 0 Å². The third-order valence-electron chi connectivity index (χ3n) is 2.35. The van der Waals surface area contributed by atoms with Crippen LogP contribution in [-0.4, -0.2) is 23.2 Å². The van der Waals surface area contributed by atoms with Crippen LogP contribution in [0.1, 0.15) is 13.8 Å². The number of aliphatic hydroxyl groups excluding tert-OH is 1. The normalized spacial score (nSPS) is 11.3.